The van der Waals surface area contributed by atoms with Gasteiger partial charge in [0.2, 0.25) is 15.9 Å². The predicted molar refractivity (Wildman–Crippen MR) is 130 cm³/mol. The van der Waals surface area contributed by atoms with Crippen LogP contribution in [0.25, 0.3) is 0 Å². The number of hydrogen-bond donors (Lipinski definition) is 1. The number of nitrogens with one attached hydrogen (secondary N) is 1. The summed E-state index contributed by atoms with van der Waals surface area (Å²) in [7, 11) is -0.865. The molecule has 1 fully saturated rings. The van der Waals surface area contributed by atoms with E-state index in [1.54, 1.807) is 12.1 Å². The highest BCUT2D eigenvalue weighted by Crippen LogP contribution is 2.38. The standard InChI is InChI=1S/C24H30N2O6S2/c1-31-17-10-12-18(13-11-17)34(29,30)26-14-6-7-16(15-26)22(27)25-23-21(24(28)32-2)19-8-4-3-5-9-20(19)33-23/h10-13,16H,3-9,14-15H2,1-2H3,(H,25,27). The third-order valence-electron chi connectivity index (χ3n) is 6.50. The molecule has 1 aliphatic heterocycles. The van der Waals surface area contributed by atoms with Crippen LogP contribution in [0.15, 0.2) is 29.2 Å². The van der Waals surface area contributed by atoms with Gasteiger partial charge in [-0.05, 0) is 68.4 Å². The topological polar surface area (TPSA) is 102 Å². The van der Waals surface area contributed by atoms with Gasteiger partial charge in [-0.15, -0.1) is 11.3 Å². The number of nitrogens with zero attached hydrogens (tertiary/aromatic N) is 1. The fourth-order valence-electron chi connectivity index (χ4n) is 4.63. The average Bonchev–Trinajstić information content (AvgIpc) is 3.03. The molecule has 1 aliphatic carbocycles. The molecule has 1 N–H and O–H groups in total. The molecule has 1 unspecified atom stereocenters. The zero-order valence-electron chi connectivity index (χ0n) is 19.5. The fourth-order valence-corrected chi connectivity index (χ4v) is 7.44. The quantitative estimate of drug-likeness (QED) is 0.472. The Balaban J connectivity index is 1.52. The summed E-state index contributed by atoms with van der Waals surface area (Å²) in [6.45, 7) is 0.456. The van der Waals surface area contributed by atoms with Crippen LogP contribution in [0.5, 0.6) is 5.75 Å². The molecule has 1 saturated heterocycles. The van der Waals surface area contributed by atoms with Gasteiger partial charge in [0.25, 0.3) is 0 Å². The Morgan fingerprint density at radius 2 is 1.79 bits per heavy atom. The fraction of sp³-hybridized carbons (Fsp3) is 0.500. The van der Waals surface area contributed by atoms with Gasteiger partial charge in [0.15, 0.2) is 0 Å². The first-order chi connectivity index (χ1) is 16.3. The normalized spacial score (nSPS) is 19.1. The molecular weight excluding hydrogens is 476 g/mol. The molecule has 184 valence electrons. The number of sulfonamides is 1. The molecule has 0 radical (unpaired) electrons. The van der Waals surface area contributed by atoms with Gasteiger partial charge < -0.3 is 14.8 Å². The number of carbonyl (C=O) groups is 2. The van der Waals surface area contributed by atoms with E-state index in [1.165, 1.54) is 42.0 Å². The Labute approximate surface area is 204 Å². The number of thiophene rings is 1. The first-order valence-corrected chi connectivity index (χ1v) is 13.8. The molecule has 34 heavy (non-hydrogen) atoms. The van der Waals surface area contributed by atoms with Crippen molar-refractivity contribution in [2.75, 3.05) is 32.6 Å². The largest absolute Gasteiger partial charge is 0.497 e. The second-order valence-electron chi connectivity index (χ2n) is 8.63. The van der Waals surface area contributed by atoms with Crippen molar-refractivity contribution in [1.29, 1.82) is 0 Å². The monoisotopic (exact) mass is 506 g/mol. The second kappa shape index (κ2) is 10.5. The summed E-state index contributed by atoms with van der Waals surface area (Å²) < 4.78 is 37.8. The molecular formula is C24H30N2O6S2. The van der Waals surface area contributed by atoms with E-state index in [4.69, 9.17) is 9.47 Å². The van der Waals surface area contributed by atoms with Gasteiger partial charge in [0, 0.05) is 18.0 Å². The maximum absolute atomic E-state index is 13.2. The molecule has 0 spiro atoms. The molecule has 2 aromatic rings. The number of aryl methyl sites for hydroxylation is 1. The molecule has 2 aliphatic rings. The van der Waals surface area contributed by atoms with Crippen LogP contribution in [0.1, 0.15) is 52.9 Å². The van der Waals surface area contributed by atoms with Gasteiger partial charge >= 0.3 is 5.97 Å². The number of piperidine rings is 1. The van der Waals surface area contributed by atoms with Crippen LogP contribution < -0.4 is 10.1 Å². The average molecular weight is 507 g/mol. The molecule has 8 nitrogen and oxygen atoms in total. The van der Waals surface area contributed by atoms with Crippen LogP contribution in [0.3, 0.4) is 0 Å². The van der Waals surface area contributed by atoms with Crippen LogP contribution in [0.4, 0.5) is 5.00 Å². The van der Waals surface area contributed by atoms with E-state index in [0.717, 1.165) is 42.5 Å². The number of carbonyl (C=O) groups excluding carboxylic acids is 2. The number of benzene rings is 1. The second-order valence-corrected chi connectivity index (χ2v) is 11.7. The van der Waals surface area contributed by atoms with Gasteiger partial charge in [0.05, 0.1) is 30.6 Å². The van der Waals surface area contributed by atoms with E-state index in [2.05, 4.69) is 5.32 Å². The van der Waals surface area contributed by atoms with E-state index in [1.807, 2.05) is 0 Å². The van der Waals surface area contributed by atoms with Gasteiger partial charge in [0.1, 0.15) is 10.8 Å². The number of methoxy groups -OCH3 is 2. The molecule has 1 atom stereocenters. The third kappa shape index (κ3) is 4.99. The Hall–Kier alpha value is -2.43. The van der Waals surface area contributed by atoms with E-state index in [9.17, 15) is 18.0 Å². The minimum absolute atomic E-state index is 0.0961. The minimum Gasteiger partial charge on any atom is -0.497 e. The highest BCUT2D eigenvalue weighted by molar-refractivity contribution is 7.89. The molecule has 2 heterocycles. The lowest BCUT2D eigenvalue weighted by Gasteiger charge is -2.31. The first-order valence-electron chi connectivity index (χ1n) is 11.5. The number of anilines is 1. The predicted octanol–water partition coefficient (Wildman–Crippen LogP) is 3.85. The number of amides is 1. The van der Waals surface area contributed by atoms with E-state index in [0.29, 0.717) is 35.7 Å². The molecule has 4 rings (SSSR count). The smallest absolute Gasteiger partial charge is 0.341 e. The maximum atomic E-state index is 13.2. The lowest BCUT2D eigenvalue weighted by atomic mass is 9.98. The summed E-state index contributed by atoms with van der Waals surface area (Å²) in [5, 5.41) is 3.45. The lowest BCUT2D eigenvalue weighted by Crippen LogP contribution is -2.43. The summed E-state index contributed by atoms with van der Waals surface area (Å²) >= 11 is 1.44. The number of esters is 1. The zero-order valence-corrected chi connectivity index (χ0v) is 21.1. The molecule has 10 heteroatoms. The van der Waals surface area contributed by atoms with E-state index >= 15 is 0 Å². The molecule has 0 saturated carbocycles. The van der Waals surface area contributed by atoms with E-state index < -0.39 is 21.9 Å². The lowest BCUT2D eigenvalue weighted by molar-refractivity contribution is -0.120. The van der Waals surface area contributed by atoms with Crippen molar-refractivity contribution in [3.05, 3.63) is 40.3 Å². The Kier molecular flexibility index (Phi) is 7.59. The van der Waals surface area contributed by atoms with Crippen LogP contribution in [-0.4, -0.2) is 51.9 Å². The van der Waals surface area contributed by atoms with Gasteiger partial charge in [-0.2, -0.15) is 4.31 Å². The highest BCUT2D eigenvalue weighted by Gasteiger charge is 2.34. The van der Waals surface area contributed by atoms with Crippen LogP contribution in [0, 0.1) is 5.92 Å². The van der Waals surface area contributed by atoms with Crippen molar-refractivity contribution >= 4 is 38.2 Å². The van der Waals surface area contributed by atoms with Gasteiger partial charge in [-0.1, -0.05) is 6.42 Å². The van der Waals surface area contributed by atoms with Gasteiger partial charge in [-0.3, -0.25) is 4.79 Å². The first kappa shape index (κ1) is 24.7. The summed E-state index contributed by atoms with van der Waals surface area (Å²) in [6, 6.07) is 6.24. The number of rotatable bonds is 6. The van der Waals surface area contributed by atoms with Gasteiger partial charge in [-0.25, -0.2) is 13.2 Å². The van der Waals surface area contributed by atoms with E-state index in [-0.39, 0.29) is 17.3 Å². The van der Waals surface area contributed by atoms with Crippen molar-refractivity contribution in [2.24, 2.45) is 5.92 Å². The minimum atomic E-state index is -3.73. The number of fused-ring (bicyclic) bond motifs is 1. The van der Waals surface area contributed by atoms with Crippen molar-refractivity contribution in [3.8, 4) is 5.75 Å². The zero-order chi connectivity index (χ0) is 24.3. The van der Waals surface area contributed by atoms with Crippen molar-refractivity contribution in [3.63, 3.8) is 0 Å². The number of hydrogen-bond acceptors (Lipinski definition) is 7. The molecule has 1 aromatic heterocycles. The Morgan fingerprint density at radius 1 is 1.06 bits per heavy atom. The Morgan fingerprint density at radius 3 is 2.50 bits per heavy atom. The van der Waals surface area contributed by atoms with Crippen LogP contribution in [-0.2, 0) is 32.4 Å². The SMILES string of the molecule is COC(=O)c1c(NC(=O)C2CCCN(S(=O)(=O)c3ccc(OC)cc3)C2)sc2c1CCCCC2. The molecule has 1 aromatic carbocycles. The van der Waals surface area contributed by atoms with Crippen molar-refractivity contribution in [2.45, 2.75) is 49.8 Å². The summed E-state index contributed by atoms with van der Waals surface area (Å²) in [5.74, 6) is -0.641. The number of ether oxygens (including phenoxy) is 2. The molecule has 0 bridgehead atoms. The highest BCUT2D eigenvalue weighted by atomic mass is 32.2. The summed E-state index contributed by atoms with van der Waals surface area (Å²) in [6.07, 6.45) is 6.02. The van der Waals surface area contributed by atoms with Crippen molar-refractivity contribution < 1.29 is 27.5 Å². The van der Waals surface area contributed by atoms with Crippen LogP contribution >= 0.6 is 11.3 Å². The van der Waals surface area contributed by atoms with Crippen molar-refractivity contribution in [1.82, 2.24) is 4.31 Å². The van der Waals surface area contributed by atoms with Crippen LogP contribution in [0.2, 0.25) is 0 Å². The summed E-state index contributed by atoms with van der Waals surface area (Å²) in [5.41, 5.74) is 1.44. The molecule has 1 amide bonds. The Bertz CT molecular complexity index is 1160. The maximum Gasteiger partial charge on any atom is 0.341 e. The summed E-state index contributed by atoms with van der Waals surface area (Å²) in [4.78, 5) is 27.1. The third-order valence-corrected chi connectivity index (χ3v) is 9.59.